The molecule has 1 fully saturated rings. The molecule has 5 heteroatoms. The van der Waals surface area contributed by atoms with Gasteiger partial charge in [-0.1, -0.05) is 12.1 Å². The van der Waals surface area contributed by atoms with E-state index in [0.29, 0.717) is 37.1 Å². The molecule has 0 bridgehead atoms. The van der Waals surface area contributed by atoms with Gasteiger partial charge in [0.15, 0.2) is 5.78 Å². The molecule has 0 unspecified atom stereocenters. The summed E-state index contributed by atoms with van der Waals surface area (Å²) in [5.41, 5.74) is 1.32. The molecule has 0 atom stereocenters. The Kier molecular flexibility index (Phi) is 6.01. The normalized spacial score (nSPS) is 15.1. The fourth-order valence-electron chi connectivity index (χ4n) is 3.24. The lowest BCUT2D eigenvalue weighted by Crippen LogP contribution is -2.39. The number of piperidine rings is 1. The molecular weight excluding hydrogens is 345 g/mol. The van der Waals surface area contributed by atoms with Gasteiger partial charge in [-0.2, -0.15) is 0 Å². The van der Waals surface area contributed by atoms with E-state index in [0.717, 1.165) is 5.75 Å². The summed E-state index contributed by atoms with van der Waals surface area (Å²) in [4.78, 5) is 26.7. The number of benzene rings is 2. The van der Waals surface area contributed by atoms with Crippen LogP contribution >= 0.6 is 0 Å². The van der Waals surface area contributed by atoms with Gasteiger partial charge in [0.1, 0.15) is 11.6 Å². The van der Waals surface area contributed by atoms with E-state index in [1.807, 2.05) is 0 Å². The predicted molar refractivity (Wildman–Crippen MR) is 102 cm³/mol. The largest absolute Gasteiger partial charge is 0.497 e. The van der Waals surface area contributed by atoms with E-state index in [1.165, 1.54) is 18.2 Å². The van der Waals surface area contributed by atoms with E-state index < -0.39 is 0 Å². The Morgan fingerprint density at radius 3 is 2.44 bits per heavy atom. The van der Waals surface area contributed by atoms with Gasteiger partial charge < -0.3 is 9.64 Å². The van der Waals surface area contributed by atoms with Crippen molar-refractivity contribution in [2.24, 2.45) is 5.92 Å². The van der Waals surface area contributed by atoms with Crippen LogP contribution in [-0.2, 0) is 4.79 Å². The second-order valence-corrected chi connectivity index (χ2v) is 6.58. The van der Waals surface area contributed by atoms with Crippen LogP contribution in [0, 0.1) is 11.7 Å². The van der Waals surface area contributed by atoms with Crippen LogP contribution in [0.3, 0.4) is 0 Å². The number of ether oxygens (including phenoxy) is 1. The number of rotatable bonds is 5. The number of Topliss-reactive ketones (excluding diaryl/α,β-unsaturated/α-hetero) is 1. The molecule has 3 rings (SSSR count). The summed E-state index contributed by atoms with van der Waals surface area (Å²) in [6, 6.07) is 13.2. The zero-order valence-electron chi connectivity index (χ0n) is 15.2. The highest BCUT2D eigenvalue weighted by Gasteiger charge is 2.27. The molecule has 0 radical (unpaired) electrons. The molecule has 27 heavy (non-hydrogen) atoms. The molecule has 1 heterocycles. The first-order valence-corrected chi connectivity index (χ1v) is 8.97. The molecule has 0 spiro atoms. The van der Waals surface area contributed by atoms with Gasteiger partial charge >= 0.3 is 0 Å². The van der Waals surface area contributed by atoms with Gasteiger partial charge in [0.25, 0.3) is 0 Å². The zero-order valence-corrected chi connectivity index (χ0v) is 15.2. The number of amides is 1. The lowest BCUT2D eigenvalue weighted by molar-refractivity contribution is -0.127. The Morgan fingerprint density at radius 2 is 1.81 bits per heavy atom. The Labute approximate surface area is 158 Å². The molecule has 2 aromatic carbocycles. The lowest BCUT2D eigenvalue weighted by Gasteiger charge is -2.30. The predicted octanol–water partition coefficient (Wildman–Crippen LogP) is 3.97. The number of hydrogen-bond acceptors (Lipinski definition) is 3. The SMILES string of the molecule is COc1ccc(C(=O)C2CCN(C(=O)/C=C/c3cccc(F)c3)CC2)cc1. The number of hydrogen-bond donors (Lipinski definition) is 0. The first kappa shape index (κ1) is 18.8. The average molecular weight is 367 g/mol. The van der Waals surface area contributed by atoms with Crippen LogP contribution in [0.2, 0.25) is 0 Å². The van der Waals surface area contributed by atoms with E-state index in [2.05, 4.69) is 0 Å². The zero-order chi connectivity index (χ0) is 19.2. The van der Waals surface area contributed by atoms with Crippen LogP contribution in [0.1, 0.15) is 28.8 Å². The third-order valence-corrected chi connectivity index (χ3v) is 4.82. The van der Waals surface area contributed by atoms with Crippen LogP contribution in [0.15, 0.2) is 54.6 Å². The third-order valence-electron chi connectivity index (χ3n) is 4.82. The molecule has 1 amide bonds. The monoisotopic (exact) mass is 367 g/mol. The number of carbonyl (C=O) groups excluding carboxylic acids is 2. The average Bonchev–Trinajstić information content (AvgIpc) is 2.72. The Balaban J connectivity index is 1.54. The number of carbonyl (C=O) groups is 2. The van der Waals surface area contributed by atoms with Crippen LogP contribution in [-0.4, -0.2) is 36.8 Å². The van der Waals surface area contributed by atoms with E-state index in [9.17, 15) is 14.0 Å². The summed E-state index contributed by atoms with van der Waals surface area (Å²) in [7, 11) is 1.59. The molecule has 140 valence electrons. The molecular formula is C22H22FNO3. The molecule has 1 aliphatic rings. The van der Waals surface area contributed by atoms with Gasteiger partial charge in [0, 0.05) is 30.6 Å². The minimum absolute atomic E-state index is 0.0744. The molecule has 1 aliphatic heterocycles. The smallest absolute Gasteiger partial charge is 0.246 e. The third kappa shape index (κ3) is 4.82. The van der Waals surface area contributed by atoms with Crippen LogP contribution in [0.4, 0.5) is 4.39 Å². The number of nitrogens with zero attached hydrogens (tertiary/aromatic N) is 1. The van der Waals surface area contributed by atoms with Crippen molar-refractivity contribution in [2.75, 3.05) is 20.2 Å². The van der Waals surface area contributed by atoms with Crippen molar-refractivity contribution in [3.05, 3.63) is 71.6 Å². The van der Waals surface area contributed by atoms with Gasteiger partial charge in [-0.15, -0.1) is 0 Å². The van der Waals surface area contributed by atoms with Crippen molar-refractivity contribution in [2.45, 2.75) is 12.8 Å². The number of ketones is 1. The van der Waals surface area contributed by atoms with Crippen LogP contribution in [0.5, 0.6) is 5.75 Å². The summed E-state index contributed by atoms with van der Waals surface area (Å²) < 4.78 is 18.3. The van der Waals surface area contributed by atoms with Crippen molar-refractivity contribution < 1.29 is 18.7 Å². The Morgan fingerprint density at radius 1 is 1.11 bits per heavy atom. The molecule has 0 saturated carbocycles. The summed E-state index contributed by atoms with van der Waals surface area (Å²) in [5.74, 6) is 0.309. The first-order chi connectivity index (χ1) is 13.1. The van der Waals surface area contributed by atoms with Crippen molar-refractivity contribution in [1.29, 1.82) is 0 Å². The summed E-state index contributed by atoms with van der Waals surface area (Å²) in [5, 5.41) is 0. The van der Waals surface area contributed by atoms with Crippen LogP contribution < -0.4 is 4.74 Å². The molecule has 4 nitrogen and oxygen atoms in total. The van der Waals surface area contributed by atoms with Gasteiger partial charge in [0.05, 0.1) is 7.11 Å². The highest BCUT2D eigenvalue weighted by atomic mass is 19.1. The maximum Gasteiger partial charge on any atom is 0.246 e. The van der Waals surface area contributed by atoms with Crippen molar-refractivity contribution in [3.8, 4) is 5.75 Å². The van der Waals surface area contributed by atoms with E-state index in [4.69, 9.17) is 4.74 Å². The minimum atomic E-state index is -0.331. The summed E-state index contributed by atoms with van der Waals surface area (Å²) in [6.07, 6.45) is 4.36. The maximum atomic E-state index is 13.2. The van der Waals surface area contributed by atoms with E-state index >= 15 is 0 Å². The fourth-order valence-corrected chi connectivity index (χ4v) is 3.24. The van der Waals surface area contributed by atoms with Gasteiger partial charge in [-0.3, -0.25) is 9.59 Å². The lowest BCUT2D eigenvalue weighted by atomic mass is 9.89. The molecule has 0 N–H and O–H groups in total. The summed E-state index contributed by atoms with van der Waals surface area (Å²) >= 11 is 0. The van der Waals surface area contributed by atoms with Gasteiger partial charge in [-0.05, 0) is 60.9 Å². The van der Waals surface area contributed by atoms with E-state index in [-0.39, 0.29) is 23.4 Å². The van der Waals surface area contributed by atoms with E-state index in [1.54, 1.807) is 54.5 Å². The van der Waals surface area contributed by atoms with Crippen LogP contribution in [0.25, 0.3) is 6.08 Å². The van der Waals surface area contributed by atoms with Crippen molar-refractivity contribution in [1.82, 2.24) is 4.90 Å². The Hall–Kier alpha value is -2.95. The first-order valence-electron chi connectivity index (χ1n) is 8.97. The topological polar surface area (TPSA) is 46.6 Å². The molecule has 2 aromatic rings. The van der Waals surface area contributed by atoms with Crippen molar-refractivity contribution in [3.63, 3.8) is 0 Å². The highest BCUT2D eigenvalue weighted by Crippen LogP contribution is 2.23. The van der Waals surface area contributed by atoms with Gasteiger partial charge in [-0.25, -0.2) is 4.39 Å². The second kappa shape index (κ2) is 8.62. The second-order valence-electron chi connectivity index (χ2n) is 6.58. The number of halogens is 1. The maximum absolute atomic E-state index is 13.2. The Bertz CT molecular complexity index is 837. The van der Waals surface area contributed by atoms with Gasteiger partial charge in [0.2, 0.25) is 5.91 Å². The summed E-state index contributed by atoms with van der Waals surface area (Å²) in [6.45, 7) is 1.08. The highest BCUT2D eigenvalue weighted by molar-refractivity contribution is 5.98. The number of likely N-dealkylation sites (tertiary alicyclic amines) is 1. The van der Waals surface area contributed by atoms with Crippen molar-refractivity contribution >= 4 is 17.8 Å². The minimum Gasteiger partial charge on any atom is -0.497 e. The molecule has 0 aliphatic carbocycles. The molecule has 1 saturated heterocycles. The molecule has 0 aromatic heterocycles. The fraction of sp³-hybridized carbons (Fsp3) is 0.273. The standard InChI is InChI=1S/C22H22FNO3/c1-27-20-8-6-17(7-9-20)22(26)18-11-13-24(14-12-18)21(25)10-5-16-3-2-4-19(23)15-16/h2-10,15,18H,11-14H2,1H3/b10-5+. The quantitative estimate of drug-likeness (QED) is 0.593. The number of methoxy groups -OCH3 is 1.